The fourth-order valence-corrected chi connectivity index (χ4v) is 3.40. The van der Waals surface area contributed by atoms with Crippen LogP contribution < -0.4 is 0 Å². The van der Waals surface area contributed by atoms with Crippen molar-refractivity contribution in [3.8, 4) is 0 Å². The van der Waals surface area contributed by atoms with Crippen LogP contribution >= 0.6 is 11.8 Å². The molecule has 0 aromatic carbocycles. The SMILES string of the molecule is OCC1(C2(O)CCCSC2)CC1. The van der Waals surface area contributed by atoms with Gasteiger partial charge in [0.15, 0.2) is 0 Å². The minimum Gasteiger partial charge on any atom is -0.396 e. The van der Waals surface area contributed by atoms with Crippen LogP contribution in [0.5, 0.6) is 0 Å². The third kappa shape index (κ3) is 1.19. The molecular formula is C9H16O2S. The molecule has 1 unspecified atom stereocenters. The lowest BCUT2D eigenvalue weighted by Crippen LogP contribution is -2.46. The molecule has 70 valence electrons. The fourth-order valence-electron chi connectivity index (χ4n) is 2.12. The quantitative estimate of drug-likeness (QED) is 0.679. The predicted octanol–water partition coefficient (Wildman–Crippen LogP) is 1.02. The van der Waals surface area contributed by atoms with Crippen LogP contribution in [0.4, 0.5) is 0 Å². The largest absolute Gasteiger partial charge is 0.396 e. The van der Waals surface area contributed by atoms with E-state index in [4.69, 9.17) is 0 Å². The van der Waals surface area contributed by atoms with Crippen molar-refractivity contribution in [1.82, 2.24) is 0 Å². The highest BCUT2D eigenvalue weighted by Crippen LogP contribution is 2.57. The third-order valence-electron chi connectivity index (χ3n) is 3.36. The van der Waals surface area contributed by atoms with Gasteiger partial charge < -0.3 is 10.2 Å². The zero-order valence-corrected chi connectivity index (χ0v) is 8.07. The first-order valence-electron chi connectivity index (χ1n) is 4.63. The summed E-state index contributed by atoms with van der Waals surface area (Å²) < 4.78 is 0. The number of aliphatic hydroxyl groups excluding tert-OH is 1. The highest BCUT2D eigenvalue weighted by Gasteiger charge is 2.58. The molecule has 0 radical (unpaired) electrons. The average molecular weight is 188 g/mol. The Bertz CT molecular complexity index is 171. The molecule has 2 fully saturated rings. The van der Waals surface area contributed by atoms with Gasteiger partial charge in [0.2, 0.25) is 0 Å². The number of hydrogen-bond acceptors (Lipinski definition) is 3. The average Bonchev–Trinajstić information content (AvgIpc) is 2.86. The summed E-state index contributed by atoms with van der Waals surface area (Å²) in [6.07, 6.45) is 4.02. The van der Waals surface area contributed by atoms with Gasteiger partial charge in [-0.2, -0.15) is 11.8 Å². The summed E-state index contributed by atoms with van der Waals surface area (Å²) in [5.41, 5.74) is -0.662. The zero-order chi connectivity index (χ0) is 8.66. The van der Waals surface area contributed by atoms with E-state index in [1.165, 1.54) is 5.75 Å². The fraction of sp³-hybridized carbons (Fsp3) is 1.00. The van der Waals surface area contributed by atoms with Crippen LogP contribution in [0, 0.1) is 5.41 Å². The molecule has 1 saturated heterocycles. The topological polar surface area (TPSA) is 40.5 Å². The van der Waals surface area contributed by atoms with E-state index in [2.05, 4.69) is 0 Å². The lowest BCUT2D eigenvalue weighted by molar-refractivity contribution is -0.0445. The van der Waals surface area contributed by atoms with Gasteiger partial charge in [-0.05, 0) is 31.4 Å². The molecule has 2 nitrogen and oxygen atoms in total. The Morgan fingerprint density at radius 1 is 1.25 bits per heavy atom. The van der Waals surface area contributed by atoms with Gasteiger partial charge >= 0.3 is 0 Å². The van der Waals surface area contributed by atoms with E-state index in [-0.39, 0.29) is 12.0 Å². The molecule has 1 saturated carbocycles. The highest BCUT2D eigenvalue weighted by atomic mass is 32.2. The minimum absolute atomic E-state index is 0.111. The van der Waals surface area contributed by atoms with E-state index >= 15 is 0 Å². The minimum atomic E-state index is -0.551. The second-order valence-electron chi connectivity index (χ2n) is 4.13. The Kier molecular flexibility index (Phi) is 2.13. The van der Waals surface area contributed by atoms with E-state index in [1.54, 1.807) is 0 Å². The smallest absolute Gasteiger partial charge is 0.0815 e. The van der Waals surface area contributed by atoms with Gasteiger partial charge in [-0.3, -0.25) is 0 Å². The first-order chi connectivity index (χ1) is 5.72. The van der Waals surface area contributed by atoms with E-state index < -0.39 is 5.60 Å². The monoisotopic (exact) mass is 188 g/mol. The first-order valence-corrected chi connectivity index (χ1v) is 5.79. The van der Waals surface area contributed by atoms with Crippen LogP contribution in [0.2, 0.25) is 0 Å². The van der Waals surface area contributed by atoms with E-state index in [0.717, 1.165) is 31.4 Å². The number of rotatable bonds is 2. The lowest BCUT2D eigenvalue weighted by atomic mass is 9.82. The molecular weight excluding hydrogens is 172 g/mol. The van der Waals surface area contributed by atoms with Crippen molar-refractivity contribution in [2.24, 2.45) is 5.41 Å². The van der Waals surface area contributed by atoms with Gasteiger partial charge in [0, 0.05) is 11.2 Å². The molecule has 0 spiro atoms. The summed E-state index contributed by atoms with van der Waals surface area (Å²) in [7, 11) is 0. The number of hydrogen-bond donors (Lipinski definition) is 2. The van der Waals surface area contributed by atoms with Gasteiger partial charge in [-0.25, -0.2) is 0 Å². The molecule has 0 aromatic rings. The zero-order valence-electron chi connectivity index (χ0n) is 7.25. The molecule has 2 aliphatic rings. The number of aliphatic hydroxyl groups is 2. The van der Waals surface area contributed by atoms with Gasteiger partial charge in [-0.15, -0.1) is 0 Å². The highest BCUT2D eigenvalue weighted by molar-refractivity contribution is 7.99. The van der Waals surface area contributed by atoms with Crippen LogP contribution in [-0.4, -0.2) is 33.9 Å². The summed E-state index contributed by atoms with van der Waals surface area (Å²) in [5, 5.41) is 19.5. The van der Waals surface area contributed by atoms with E-state index in [1.807, 2.05) is 11.8 Å². The maximum Gasteiger partial charge on any atom is 0.0815 e. The molecule has 12 heavy (non-hydrogen) atoms. The standard InChI is InChI=1S/C9H16O2S/c10-6-8(3-4-8)9(11)2-1-5-12-7-9/h10-11H,1-7H2. The first kappa shape index (κ1) is 8.85. The molecule has 1 aliphatic heterocycles. The molecule has 1 heterocycles. The van der Waals surface area contributed by atoms with Crippen LogP contribution in [0.25, 0.3) is 0 Å². The maximum absolute atomic E-state index is 10.3. The predicted molar refractivity (Wildman–Crippen MR) is 50.3 cm³/mol. The summed E-state index contributed by atoms with van der Waals surface area (Å²) in [5.74, 6) is 2.00. The number of thioether (sulfide) groups is 1. The Labute approximate surface area is 77.4 Å². The van der Waals surface area contributed by atoms with Crippen molar-refractivity contribution in [2.75, 3.05) is 18.1 Å². The Morgan fingerprint density at radius 3 is 2.42 bits per heavy atom. The van der Waals surface area contributed by atoms with Crippen molar-refractivity contribution in [1.29, 1.82) is 0 Å². The van der Waals surface area contributed by atoms with Gasteiger partial charge in [-0.1, -0.05) is 0 Å². The molecule has 0 amide bonds. The van der Waals surface area contributed by atoms with Crippen LogP contribution in [0.3, 0.4) is 0 Å². The van der Waals surface area contributed by atoms with Gasteiger partial charge in [0.25, 0.3) is 0 Å². The molecule has 3 heteroatoms. The van der Waals surface area contributed by atoms with E-state index in [0.29, 0.717) is 0 Å². The second-order valence-corrected chi connectivity index (χ2v) is 5.23. The summed E-state index contributed by atoms with van der Waals surface area (Å²) in [4.78, 5) is 0. The second kappa shape index (κ2) is 2.89. The Balaban J connectivity index is 2.08. The third-order valence-corrected chi connectivity index (χ3v) is 4.62. The summed E-state index contributed by atoms with van der Waals surface area (Å²) in [6, 6.07) is 0. The van der Waals surface area contributed by atoms with E-state index in [9.17, 15) is 10.2 Å². The Hall–Kier alpha value is 0.270. The Morgan fingerprint density at radius 2 is 2.00 bits per heavy atom. The summed E-state index contributed by atoms with van der Waals surface area (Å²) >= 11 is 1.82. The van der Waals surface area contributed by atoms with Crippen molar-refractivity contribution in [2.45, 2.75) is 31.3 Å². The van der Waals surface area contributed by atoms with Crippen molar-refractivity contribution in [3.05, 3.63) is 0 Å². The molecule has 1 atom stereocenters. The molecule has 0 bridgehead atoms. The maximum atomic E-state index is 10.3. The van der Waals surface area contributed by atoms with Crippen molar-refractivity contribution >= 4 is 11.8 Å². The van der Waals surface area contributed by atoms with Crippen LogP contribution in [-0.2, 0) is 0 Å². The molecule has 2 rings (SSSR count). The van der Waals surface area contributed by atoms with Crippen LogP contribution in [0.15, 0.2) is 0 Å². The van der Waals surface area contributed by atoms with Crippen LogP contribution in [0.1, 0.15) is 25.7 Å². The molecule has 0 aromatic heterocycles. The lowest BCUT2D eigenvalue weighted by Gasteiger charge is -2.38. The molecule has 2 N–H and O–H groups in total. The van der Waals surface area contributed by atoms with Crippen molar-refractivity contribution < 1.29 is 10.2 Å². The van der Waals surface area contributed by atoms with Gasteiger partial charge in [0.1, 0.15) is 0 Å². The molecule has 1 aliphatic carbocycles. The van der Waals surface area contributed by atoms with Crippen molar-refractivity contribution in [3.63, 3.8) is 0 Å². The van der Waals surface area contributed by atoms with Gasteiger partial charge in [0.05, 0.1) is 12.2 Å². The summed E-state index contributed by atoms with van der Waals surface area (Å²) in [6.45, 7) is 0.171. The normalized spacial score (nSPS) is 39.5.